The zero-order chi connectivity index (χ0) is 13.1. The molecule has 1 saturated heterocycles. The predicted molar refractivity (Wildman–Crippen MR) is 69.7 cm³/mol. The third kappa shape index (κ3) is 3.11. The molecule has 5 heteroatoms. The van der Waals surface area contributed by atoms with Crippen molar-refractivity contribution in [2.45, 2.75) is 18.9 Å². The molecule has 0 saturated carbocycles. The second-order valence-corrected chi connectivity index (χ2v) is 4.94. The van der Waals surface area contributed by atoms with Crippen LogP contribution in [-0.4, -0.2) is 49.1 Å². The Hall–Kier alpha value is -1.46. The van der Waals surface area contributed by atoms with Crippen LogP contribution in [0.15, 0.2) is 18.2 Å². The van der Waals surface area contributed by atoms with Gasteiger partial charge in [0.15, 0.2) is 11.5 Å². The highest BCUT2D eigenvalue weighted by Crippen LogP contribution is 2.35. The van der Waals surface area contributed by atoms with Crippen LogP contribution < -0.4 is 14.2 Å². The van der Waals surface area contributed by atoms with E-state index in [1.54, 1.807) is 0 Å². The number of rotatable bonds is 4. The van der Waals surface area contributed by atoms with Crippen molar-refractivity contribution in [2.75, 3.05) is 33.0 Å². The Morgan fingerprint density at radius 1 is 1.21 bits per heavy atom. The lowest BCUT2D eigenvalue weighted by Crippen LogP contribution is -2.38. The minimum atomic E-state index is -0.119. The molecule has 2 aliphatic heterocycles. The fraction of sp³-hybridized carbons (Fsp3) is 0.571. The van der Waals surface area contributed by atoms with Gasteiger partial charge < -0.3 is 19.3 Å². The maximum atomic E-state index is 9.44. The SMILES string of the molecule is OC1CCN(CCOc2ccc3c(c2)OCO3)CC1. The zero-order valence-corrected chi connectivity index (χ0v) is 10.9. The molecule has 5 nitrogen and oxygen atoms in total. The molecule has 1 fully saturated rings. The van der Waals surface area contributed by atoms with Crippen LogP contribution in [0.4, 0.5) is 0 Å². The molecule has 1 aromatic carbocycles. The molecule has 0 aromatic heterocycles. The standard InChI is InChI=1S/C14H19NO4/c16-11-3-5-15(6-4-11)7-8-17-12-1-2-13-14(9-12)19-10-18-13/h1-2,9,11,16H,3-8,10H2. The van der Waals surface area contributed by atoms with E-state index in [0.29, 0.717) is 6.61 Å². The van der Waals surface area contributed by atoms with E-state index in [2.05, 4.69) is 4.90 Å². The summed E-state index contributed by atoms with van der Waals surface area (Å²) in [7, 11) is 0. The quantitative estimate of drug-likeness (QED) is 0.888. The van der Waals surface area contributed by atoms with Crippen LogP contribution in [0.25, 0.3) is 0 Å². The second kappa shape index (κ2) is 5.67. The molecule has 1 aromatic rings. The second-order valence-electron chi connectivity index (χ2n) is 4.94. The fourth-order valence-electron chi connectivity index (χ4n) is 2.40. The first kappa shape index (κ1) is 12.6. The summed E-state index contributed by atoms with van der Waals surface area (Å²) in [6.45, 7) is 3.73. The molecular weight excluding hydrogens is 246 g/mol. The molecule has 1 N–H and O–H groups in total. The van der Waals surface area contributed by atoms with Gasteiger partial charge in [0.1, 0.15) is 12.4 Å². The molecule has 0 spiro atoms. The molecule has 2 heterocycles. The number of aliphatic hydroxyl groups excluding tert-OH is 1. The Labute approximate surface area is 112 Å². The molecule has 3 rings (SSSR count). The van der Waals surface area contributed by atoms with Gasteiger partial charge in [0.05, 0.1) is 6.10 Å². The van der Waals surface area contributed by atoms with Crippen molar-refractivity contribution in [1.29, 1.82) is 0 Å². The Morgan fingerprint density at radius 2 is 2.00 bits per heavy atom. The summed E-state index contributed by atoms with van der Waals surface area (Å²) >= 11 is 0. The van der Waals surface area contributed by atoms with Crippen molar-refractivity contribution in [2.24, 2.45) is 0 Å². The molecule has 104 valence electrons. The number of fused-ring (bicyclic) bond motifs is 1. The van der Waals surface area contributed by atoms with Gasteiger partial charge in [-0.2, -0.15) is 0 Å². The van der Waals surface area contributed by atoms with Crippen LogP contribution in [0, 0.1) is 0 Å². The van der Waals surface area contributed by atoms with Crippen LogP contribution in [-0.2, 0) is 0 Å². The minimum absolute atomic E-state index is 0.119. The summed E-state index contributed by atoms with van der Waals surface area (Å²) < 4.78 is 16.3. The van der Waals surface area contributed by atoms with Crippen molar-refractivity contribution in [3.05, 3.63) is 18.2 Å². The molecule has 2 aliphatic rings. The topological polar surface area (TPSA) is 51.2 Å². The van der Waals surface area contributed by atoms with E-state index in [1.807, 2.05) is 18.2 Å². The van der Waals surface area contributed by atoms with Gasteiger partial charge in [-0.1, -0.05) is 0 Å². The van der Waals surface area contributed by atoms with Gasteiger partial charge in [-0.15, -0.1) is 0 Å². The Bertz CT molecular complexity index is 429. The van der Waals surface area contributed by atoms with Gasteiger partial charge in [0.2, 0.25) is 6.79 Å². The Morgan fingerprint density at radius 3 is 2.84 bits per heavy atom. The Kier molecular flexibility index (Phi) is 3.75. The highest BCUT2D eigenvalue weighted by atomic mass is 16.7. The summed E-state index contributed by atoms with van der Waals surface area (Å²) in [6.07, 6.45) is 1.61. The van der Waals surface area contributed by atoms with E-state index >= 15 is 0 Å². The third-order valence-electron chi connectivity index (χ3n) is 3.58. The molecule has 0 bridgehead atoms. The van der Waals surface area contributed by atoms with Gasteiger partial charge in [-0.05, 0) is 25.0 Å². The van der Waals surface area contributed by atoms with E-state index in [1.165, 1.54) is 0 Å². The van der Waals surface area contributed by atoms with Crippen molar-refractivity contribution in [3.8, 4) is 17.2 Å². The van der Waals surface area contributed by atoms with Crippen molar-refractivity contribution in [3.63, 3.8) is 0 Å². The number of hydrogen-bond donors (Lipinski definition) is 1. The summed E-state index contributed by atoms with van der Waals surface area (Å²) in [4.78, 5) is 2.32. The maximum absolute atomic E-state index is 9.44. The first-order valence-corrected chi connectivity index (χ1v) is 6.74. The molecular formula is C14H19NO4. The number of ether oxygens (including phenoxy) is 3. The largest absolute Gasteiger partial charge is 0.492 e. The highest BCUT2D eigenvalue weighted by molar-refractivity contribution is 5.46. The summed E-state index contributed by atoms with van der Waals surface area (Å²) in [5.41, 5.74) is 0. The van der Waals surface area contributed by atoms with E-state index in [0.717, 1.165) is 49.7 Å². The number of piperidine rings is 1. The molecule has 0 amide bonds. The van der Waals surface area contributed by atoms with Gasteiger partial charge >= 0.3 is 0 Å². The van der Waals surface area contributed by atoms with Crippen LogP contribution >= 0.6 is 0 Å². The molecule has 0 atom stereocenters. The number of likely N-dealkylation sites (tertiary alicyclic amines) is 1. The first-order chi connectivity index (χ1) is 9.31. The van der Waals surface area contributed by atoms with Crippen LogP contribution in [0.2, 0.25) is 0 Å². The van der Waals surface area contributed by atoms with Gasteiger partial charge in [0.25, 0.3) is 0 Å². The lowest BCUT2D eigenvalue weighted by atomic mass is 10.1. The lowest BCUT2D eigenvalue weighted by molar-refractivity contribution is 0.0754. The van der Waals surface area contributed by atoms with Crippen molar-refractivity contribution < 1.29 is 19.3 Å². The van der Waals surface area contributed by atoms with Crippen LogP contribution in [0.1, 0.15) is 12.8 Å². The fourth-order valence-corrected chi connectivity index (χ4v) is 2.40. The smallest absolute Gasteiger partial charge is 0.231 e. The maximum Gasteiger partial charge on any atom is 0.231 e. The van der Waals surface area contributed by atoms with Crippen LogP contribution in [0.5, 0.6) is 17.2 Å². The predicted octanol–water partition coefficient (Wildman–Crippen LogP) is 1.25. The average molecular weight is 265 g/mol. The van der Waals surface area contributed by atoms with E-state index < -0.39 is 0 Å². The third-order valence-corrected chi connectivity index (χ3v) is 3.58. The van der Waals surface area contributed by atoms with E-state index in [9.17, 15) is 5.11 Å². The number of aliphatic hydroxyl groups is 1. The van der Waals surface area contributed by atoms with Gasteiger partial charge in [0, 0.05) is 25.7 Å². The lowest BCUT2D eigenvalue weighted by Gasteiger charge is -2.29. The molecule has 19 heavy (non-hydrogen) atoms. The molecule has 0 aliphatic carbocycles. The molecule has 0 radical (unpaired) electrons. The minimum Gasteiger partial charge on any atom is -0.492 e. The highest BCUT2D eigenvalue weighted by Gasteiger charge is 2.17. The van der Waals surface area contributed by atoms with Gasteiger partial charge in [-0.3, -0.25) is 4.90 Å². The van der Waals surface area contributed by atoms with E-state index in [-0.39, 0.29) is 12.9 Å². The summed E-state index contributed by atoms with van der Waals surface area (Å²) in [5.74, 6) is 2.33. The first-order valence-electron chi connectivity index (χ1n) is 6.74. The number of nitrogens with zero attached hydrogens (tertiary/aromatic N) is 1. The molecule has 0 unspecified atom stereocenters. The monoisotopic (exact) mass is 265 g/mol. The van der Waals surface area contributed by atoms with Crippen LogP contribution in [0.3, 0.4) is 0 Å². The van der Waals surface area contributed by atoms with E-state index in [4.69, 9.17) is 14.2 Å². The zero-order valence-electron chi connectivity index (χ0n) is 10.9. The number of hydrogen-bond acceptors (Lipinski definition) is 5. The van der Waals surface area contributed by atoms with Crippen molar-refractivity contribution >= 4 is 0 Å². The average Bonchev–Trinajstić information content (AvgIpc) is 2.88. The summed E-state index contributed by atoms with van der Waals surface area (Å²) in [6, 6.07) is 5.63. The Balaban J connectivity index is 1.45. The normalized spacial score (nSPS) is 19.6. The number of benzene rings is 1. The van der Waals surface area contributed by atoms with Crippen molar-refractivity contribution in [1.82, 2.24) is 4.90 Å². The van der Waals surface area contributed by atoms with Gasteiger partial charge in [-0.25, -0.2) is 0 Å². The summed E-state index contributed by atoms with van der Waals surface area (Å²) in [5, 5.41) is 9.44.